The van der Waals surface area contributed by atoms with E-state index in [4.69, 9.17) is 0 Å². The normalized spacial score (nSPS) is 25.1. The van der Waals surface area contributed by atoms with Crippen molar-refractivity contribution in [2.75, 3.05) is 0 Å². The van der Waals surface area contributed by atoms with Crippen LogP contribution in [0.1, 0.15) is 44.7 Å². The van der Waals surface area contributed by atoms with E-state index in [1.165, 1.54) is 24.8 Å². The van der Waals surface area contributed by atoms with Gasteiger partial charge in [0.2, 0.25) is 0 Å². The Morgan fingerprint density at radius 2 is 1.93 bits per heavy atom. The molecule has 82 valence electrons. The smallest absolute Gasteiger partial charge is 0.115 e. The molecular formula is C13H19NO. The minimum absolute atomic E-state index is 0.237. The van der Waals surface area contributed by atoms with Crippen LogP contribution in [0, 0.1) is 0 Å². The van der Waals surface area contributed by atoms with Crippen LogP contribution >= 0.6 is 0 Å². The third kappa shape index (κ3) is 2.51. The zero-order chi connectivity index (χ0) is 10.9. The standard InChI is InChI=1S/C13H19NO/c1-13(2)9-3-4-12(14-13)10-5-7-11(15)8-6-10/h5-8,12,14-15H,3-4,9H2,1-2H3. The predicted octanol–water partition coefficient (Wildman–Crippen LogP) is 2.99. The second-order valence-electron chi connectivity index (χ2n) is 5.06. The van der Waals surface area contributed by atoms with Crippen molar-refractivity contribution in [2.45, 2.75) is 44.7 Å². The van der Waals surface area contributed by atoms with Crippen molar-refractivity contribution in [3.05, 3.63) is 29.8 Å². The fourth-order valence-corrected chi connectivity index (χ4v) is 2.32. The molecule has 2 N–H and O–H groups in total. The lowest BCUT2D eigenvalue weighted by Gasteiger charge is -2.37. The molecule has 0 bridgehead atoms. The van der Waals surface area contributed by atoms with E-state index in [0.717, 1.165) is 0 Å². The number of rotatable bonds is 1. The van der Waals surface area contributed by atoms with Crippen LogP contribution in [0.2, 0.25) is 0 Å². The average molecular weight is 205 g/mol. The maximum atomic E-state index is 9.24. The molecule has 0 aliphatic carbocycles. The van der Waals surface area contributed by atoms with E-state index >= 15 is 0 Å². The van der Waals surface area contributed by atoms with E-state index in [1.807, 2.05) is 12.1 Å². The van der Waals surface area contributed by atoms with Gasteiger partial charge < -0.3 is 10.4 Å². The maximum Gasteiger partial charge on any atom is 0.115 e. The van der Waals surface area contributed by atoms with Gasteiger partial charge in [-0.1, -0.05) is 12.1 Å². The van der Waals surface area contributed by atoms with Crippen molar-refractivity contribution < 1.29 is 5.11 Å². The summed E-state index contributed by atoms with van der Waals surface area (Å²) < 4.78 is 0. The summed E-state index contributed by atoms with van der Waals surface area (Å²) in [5.41, 5.74) is 1.52. The topological polar surface area (TPSA) is 32.3 Å². The number of phenolic OH excluding ortho intramolecular Hbond substituents is 1. The van der Waals surface area contributed by atoms with Crippen molar-refractivity contribution in [3.8, 4) is 5.75 Å². The Kier molecular flexibility index (Phi) is 2.70. The number of benzene rings is 1. The van der Waals surface area contributed by atoms with Crippen LogP contribution in [0.25, 0.3) is 0 Å². The van der Waals surface area contributed by atoms with Gasteiger partial charge in [0.1, 0.15) is 5.75 Å². The number of nitrogens with one attached hydrogen (secondary N) is 1. The Labute approximate surface area is 91.3 Å². The van der Waals surface area contributed by atoms with Gasteiger partial charge in [0.25, 0.3) is 0 Å². The summed E-state index contributed by atoms with van der Waals surface area (Å²) in [6.45, 7) is 4.50. The first-order valence-corrected chi connectivity index (χ1v) is 5.63. The molecule has 2 heteroatoms. The monoisotopic (exact) mass is 205 g/mol. The van der Waals surface area contributed by atoms with Crippen LogP contribution in [0.5, 0.6) is 5.75 Å². The van der Waals surface area contributed by atoms with E-state index in [1.54, 1.807) is 12.1 Å². The third-order valence-electron chi connectivity index (χ3n) is 3.16. The van der Waals surface area contributed by atoms with Crippen LogP contribution in [0.4, 0.5) is 0 Å². The number of hydrogen-bond acceptors (Lipinski definition) is 2. The SMILES string of the molecule is CC1(C)CCCC(c2ccc(O)cc2)N1. The lowest BCUT2D eigenvalue weighted by molar-refractivity contribution is 0.245. The summed E-state index contributed by atoms with van der Waals surface area (Å²) in [6.07, 6.45) is 3.70. The zero-order valence-electron chi connectivity index (χ0n) is 9.46. The van der Waals surface area contributed by atoms with E-state index in [9.17, 15) is 5.11 Å². The molecule has 1 unspecified atom stereocenters. The molecule has 0 aromatic heterocycles. The van der Waals surface area contributed by atoms with Gasteiger partial charge in [-0.2, -0.15) is 0 Å². The highest BCUT2D eigenvalue weighted by Gasteiger charge is 2.27. The quantitative estimate of drug-likeness (QED) is 0.738. The Balaban J connectivity index is 2.13. The lowest BCUT2D eigenvalue weighted by atomic mass is 9.86. The van der Waals surface area contributed by atoms with Gasteiger partial charge in [0, 0.05) is 11.6 Å². The summed E-state index contributed by atoms with van der Waals surface area (Å²) in [5.74, 6) is 0.341. The Morgan fingerprint density at radius 3 is 2.53 bits per heavy atom. The Morgan fingerprint density at radius 1 is 1.27 bits per heavy atom. The van der Waals surface area contributed by atoms with Crippen molar-refractivity contribution in [1.29, 1.82) is 0 Å². The van der Waals surface area contributed by atoms with Gasteiger partial charge in [-0.25, -0.2) is 0 Å². The second kappa shape index (κ2) is 3.86. The van der Waals surface area contributed by atoms with Crippen molar-refractivity contribution in [2.24, 2.45) is 0 Å². The number of piperidine rings is 1. The van der Waals surface area contributed by atoms with Crippen LogP contribution < -0.4 is 5.32 Å². The highest BCUT2D eigenvalue weighted by atomic mass is 16.3. The Bertz CT molecular complexity index is 329. The molecular weight excluding hydrogens is 186 g/mol. The predicted molar refractivity (Wildman–Crippen MR) is 61.9 cm³/mol. The highest BCUT2D eigenvalue weighted by Crippen LogP contribution is 2.30. The first-order chi connectivity index (χ1) is 7.07. The second-order valence-corrected chi connectivity index (χ2v) is 5.06. The van der Waals surface area contributed by atoms with Crippen LogP contribution in [0.3, 0.4) is 0 Å². The Hall–Kier alpha value is -1.02. The van der Waals surface area contributed by atoms with E-state index < -0.39 is 0 Å². The number of phenols is 1. The van der Waals surface area contributed by atoms with Crippen molar-refractivity contribution in [1.82, 2.24) is 5.32 Å². The first-order valence-electron chi connectivity index (χ1n) is 5.63. The first kappa shape index (κ1) is 10.5. The molecule has 1 atom stereocenters. The molecule has 1 heterocycles. The van der Waals surface area contributed by atoms with Gasteiger partial charge in [-0.15, -0.1) is 0 Å². The number of hydrogen-bond donors (Lipinski definition) is 2. The highest BCUT2D eigenvalue weighted by molar-refractivity contribution is 5.28. The fraction of sp³-hybridized carbons (Fsp3) is 0.538. The molecule has 2 nitrogen and oxygen atoms in total. The van der Waals surface area contributed by atoms with Crippen LogP contribution in [0.15, 0.2) is 24.3 Å². The van der Waals surface area contributed by atoms with Crippen molar-refractivity contribution in [3.63, 3.8) is 0 Å². The molecule has 0 radical (unpaired) electrons. The molecule has 15 heavy (non-hydrogen) atoms. The summed E-state index contributed by atoms with van der Waals surface area (Å²) in [4.78, 5) is 0. The van der Waals surface area contributed by atoms with Gasteiger partial charge in [0.05, 0.1) is 0 Å². The lowest BCUT2D eigenvalue weighted by Crippen LogP contribution is -2.44. The van der Waals surface area contributed by atoms with E-state index in [0.29, 0.717) is 11.8 Å². The molecule has 1 saturated heterocycles. The summed E-state index contributed by atoms with van der Waals surface area (Å²) in [6, 6.07) is 7.98. The van der Waals surface area contributed by atoms with Gasteiger partial charge >= 0.3 is 0 Å². The van der Waals surface area contributed by atoms with Gasteiger partial charge in [0.15, 0.2) is 0 Å². The molecule has 0 spiro atoms. The van der Waals surface area contributed by atoms with Crippen LogP contribution in [-0.2, 0) is 0 Å². The molecule has 1 aliphatic rings. The molecule has 1 aliphatic heterocycles. The molecule has 1 fully saturated rings. The third-order valence-corrected chi connectivity index (χ3v) is 3.16. The molecule has 0 saturated carbocycles. The summed E-state index contributed by atoms with van der Waals surface area (Å²) in [7, 11) is 0. The average Bonchev–Trinajstić information content (AvgIpc) is 2.17. The van der Waals surface area contributed by atoms with Gasteiger partial charge in [-0.05, 0) is 50.8 Å². The summed E-state index contributed by atoms with van der Waals surface area (Å²) >= 11 is 0. The molecule has 0 amide bonds. The maximum absolute atomic E-state index is 9.24. The molecule has 1 aromatic carbocycles. The van der Waals surface area contributed by atoms with E-state index in [-0.39, 0.29) is 5.54 Å². The fourth-order valence-electron chi connectivity index (χ4n) is 2.32. The van der Waals surface area contributed by atoms with E-state index in [2.05, 4.69) is 19.2 Å². The van der Waals surface area contributed by atoms with Crippen LogP contribution in [-0.4, -0.2) is 10.6 Å². The minimum atomic E-state index is 0.237. The van der Waals surface area contributed by atoms with Crippen molar-refractivity contribution >= 4 is 0 Å². The molecule has 2 rings (SSSR count). The largest absolute Gasteiger partial charge is 0.508 e. The van der Waals surface area contributed by atoms with Gasteiger partial charge in [-0.3, -0.25) is 0 Å². The number of aromatic hydroxyl groups is 1. The zero-order valence-corrected chi connectivity index (χ0v) is 9.46. The summed E-state index contributed by atoms with van der Waals surface area (Å²) in [5, 5.41) is 12.9. The minimum Gasteiger partial charge on any atom is -0.508 e. The molecule has 1 aromatic rings.